The van der Waals surface area contributed by atoms with E-state index in [-0.39, 0.29) is 5.56 Å². The van der Waals surface area contributed by atoms with E-state index in [9.17, 15) is 15.1 Å². The molecule has 5 nitrogen and oxygen atoms in total. The number of nitrogens with one attached hydrogen (secondary N) is 1. The Kier molecular flexibility index (Phi) is 5.31. The molecular formula is C22H15ClN2O3S. The van der Waals surface area contributed by atoms with Crippen molar-refractivity contribution in [2.75, 3.05) is 5.48 Å². The summed E-state index contributed by atoms with van der Waals surface area (Å²) in [6.45, 7) is 0. The fourth-order valence-electron chi connectivity index (χ4n) is 3.06. The second-order valence-corrected chi connectivity index (χ2v) is 7.56. The monoisotopic (exact) mass is 422 g/mol. The maximum Gasteiger partial charge on any atom is 0.336 e. The lowest BCUT2D eigenvalue weighted by atomic mass is 9.96. The lowest BCUT2D eigenvalue weighted by Crippen LogP contribution is -2.02. The van der Waals surface area contributed by atoms with Crippen LogP contribution in [0.25, 0.3) is 33.0 Å². The zero-order chi connectivity index (χ0) is 20.4. The number of hydrogen-bond donors (Lipinski definition) is 3. The molecule has 7 heteroatoms. The third-order valence-corrected chi connectivity index (χ3v) is 5.62. The van der Waals surface area contributed by atoms with Crippen molar-refractivity contribution in [1.82, 2.24) is 4.98 Å². The van der Waals surface area contributed by atoms with Gasteiger partial charge in [0.25, 0.3) is 0 Å². The highest BCUT2D eigenvalue weighted by atomic mass is 35.5. The van der Waals surface area contributed by atoms with Crippen LogP contribution < -0.4 is 5.48 Å². The molecule has 0 fully saturated rings. The van der Waals surface area contributed by atoms with Crippen molar-refractivity contribution in [3.05, 3.63) is 82.7 Å². The largest absolute Gasteiger partial charge is 0.478 e. The van der Waals surface area contributed by atoms with E-state index in [2.05, 4.69) is 10.5 Å². The van der Waals surface area contributed by atoms with Gasteiger partial charge >= 0.3 is 5.97 Å². The highest BCUT2D eigenvalue weighted by molar-refractivity contribution is 7.13. The number of nitrogens with zero attached hydrogens (tertiary/aromatic N) is 1. The number of rotatable bonds is 5. The summed E-state index contributed by atoms with van der Waals surface area (Å²) in [6, 6.07) is 19.5. The van der Waals surface area contributed by atoms with Crippen LogP contribution in [0.1, 0.15) is 10.4 Å². The summed E-state index contributed by atoms with van der Waals surface area (Å²) >= 11 is 7.38. The van der Waals surface area contributed by atoms with Gasteiger partial charge in [-0.25, -0.2) is 9.78 Å². The average molecular weight is 423 g/mol. The van der Waals surface area contributed by atoms with Gasteiger partial charge < -0.3 is 5.11 Å². The van der Waals surface area contributed by atoms with Gasteiger partial charge in [0.15, 0.2) is 0 Å². The molecule has 0 aliphatic carbocycles. The van der Waals surface area contributed by atoms with Gasteiger partial charge in [0.1, 0.15) is 5.01 Å². The molecule has 1 aromatic heterocycles. The van der Waals surface area contributed by atoms with Gasteiger partial charge in [0, 0.05) is 27.1 Å². The van der Waals surface area contributed by atoms with Crippen LogP contribution in [-0.2, 0) is 0 Å². The van der Waals surface area contributed by atoms with Gasteiger partial charge in [-0.1, -0.05) is 54.1 Å². The molecule has 0 saturated carbocycles. The van der Waals surface area contributed by atoms with Crippen molar-refractivity contribution in [3.8, 4) is 33.0 Å². The fourth-order valence-corrected chi connectivity index (χ4v) is 4.02. The molecule has 0 aliphatic rings. The first kappa shape index (κ1) is 19.1. The normalized spacial score (nSPS) is 10.7. The molecule has 0 radical (unpaired) electrons. The summed E-state index contributed by atoms with van der Waals surface area (Å²) in [7, 11) is 0. The van der Waals surface area contributed by atoms with Crippen LogP contribution in [0, 0.1) is 0 Å². The molecule has 0 amide bonds. The molecule has 4 rings (SSSR count). The number of para-hydroxylation sites is 1. The lowest BCUT2D eigenvalue weighted by Gasteiger charge is -2.12. The molecule has 3 aromatic carbocycles. The number of halogens is 1. The van der Waals surface area contributed by atoms with Crippen LogP contribution >= 0.6 is 22.9 Å². The lowest BCUT2D eigenvalue weighted by molar-refractivity contribution is 0.0698. The maximum absolute atomic E-state index is 11.9. The minimum absolute atomic E-state index is 0.133. The van der Waals surface area contributed by atoms with Crippen molar-refractivity contribution in [2.45, 2.75) is 0 Å². The van der Waals surface area contributed by atoms with Gasteiger partial charge in [0.2, 0.25) is 0 Å². The average Bonchev–Trinajstić information content (AvgIpc) is 3.24. The van der Waals surface area contributed by atoms with Crippen molar-refractivity contribution in [3.63, 3.8) is 0 Å². The first-order valence-corrected chi connectivity index (χ1v) is 9.91. The topological polar surface area (TPSA) is 82.5 Å². The summed E-state index contributed by atoms with van der Waals surface area (Å²) in [5, 5.41) is 22.4. The molecule has 0 bridgehead atoms. The molecule has 0 unspecified atom stereocenters. The van der Waals surface area contributed by atoms with E-state index in [0.717, 1.165) is 16.3 Å². The van der Waals surface area contributed by atoms with E-state index in [1.807, 2.05) is 23.6 Å². The number of thiazole rings is 1. The fraction of sp³-hybridized carbons (Fsp3) is 0. The predicted molar refractivity (Wildman–Crippen MR) is 116 cm³/mol. The van der Waals surface area contributed by atoms with E-state index < -0.39 is 5.97 Å². The molecule has 0 aliphatic heterocycles. The first-order chi connectivity index (χ1) is 14.1. The second kappa shape index (κ2) is 8.05. The number of aromatic carboxylic acids is 1. The minimum atomic E-state index is -1.05. The molecule has 1 heterocycles. The van der Waals surface area contributed by atoms with E-state index >= 15 is 0 Å². The standard InChI is InChI=1S/C22H15ClN2O3S/c23-15-8-5-13(6-9-15)20-12-29-21(24-20)14-7-10-16(18(11-14)22(26)27)17-3-1-2-4-19(17)25-28/h1-12,25,28H,(H,26,27). The molecule has 4 aromatic rings. The smallest absolute Gasteiger partial charge is 0.336 e. The van der Waals surface area contributed by atoms with Gasteiger partial charge in [0.05, 0.1) is 16.9 Å². The zero-order valence-electron chi connectivity index (χ0n) is 15.0. The Labute approximate surface area is 175 Å². The van der Waals surface area contributed by atoms with Gasteiger partial charge in [-0.15, -0.1) is 11.3 Å². The number of hydrogen-bond acceptors (Lipinski definition) is 5. The number of carboxylic acids is 1. The predicted octanol–water partition coefficient (Wildman–Crippen LogP) is 6.30. The van der Waals surface area contributed by atoms with Gasteiger partial charge in [-0.3, -0.25) is 10.7 Å². The molecule has 0 spiro atoms. The zero-order valence-corrected chi connectivity index (χ0v) is 16.5. The van der Waals surface area contributed by atoms with Crippen LogP contribution in [-0.4, -0.2) is 21.3 Å². The Morgan fingerprint density at radius 1 is 0.966 bits per heavy atom. The molecule has 29 heavy (non-hydrogen) atoms. The summed E-state index contributed by atoms with van der Waals surface area (Å²) in [5.41, 5.74) is 6.25. The Hall–Kier alpha value is -3.19. The Morgan fingerprint density at radius 2 is 1.69 bits per heavy atom. The quantitative estimate of drug-likeness (QED) is 0.329. The maximum atomic E-state index is 11.9. The Bertz CT molecular complexity index is 1190. The molecule has 0 atom stereocenters. The van der Waals surface area contributed by atoms with Gasteiger partial charge in [-0.05, 0) is 29.8 Å². The molecular weight excluding hydrogens is 408 g/mol. The van der Waals surface area contributed by atoms with E-state index in [0.29, 0.717) is 27.4 Å². The highest BCUT2D eigenvalue weighted by Crippen LogP contribution is 2.35. The summed E-state index contributed by atoms with van der Waals surface area (Å²) in [4.78, 5) is 16.6. The van der Waals surface area contributed by atoms with Crippen LogP contribution in [0.2, 0.25) is 5.02 Å². The number of anilines is 1. The summed E-state index contributed by atoms with van der Waals surface area (Å²) < 4.78 is 0. The van der Waals surface area contributed by atoms with Crippen LogP contribution in [0.15, 0.2) is 72.1 Å². The summed E-state index contributed by atoms with van der Waals surface area (Å²) in [6.07, 6.45) is 0. The Morgan fingerprint density at radius 3 is 2.41 bits per heavy atom. The molecule has 3 N–H and O–H groups in total. The molecule has 144 valence electrons. The van der Waals surface area contributed by atoms with Crippen molar-refractivity contribution in [1.29, 1.82) is 0 Å². The SMILES string of the molecule is O=C(O)c1cc(-c2nc(-c3ccc(Cl)cc3)cs2)ccc1-c1ccccc1NO. The highest BCUT2D eigenvalue weighted by Gasteiger charge is 2.17. The number of carboxylic acid groups (broad SMARTS) is 1. The minimum Gasteiger partial charge on any atom is -0.478 e. The van der Waals surface area contributed by atoms with Crippen molar-refractivity contribution < 1.29 is 15.1 Å². The number of aromatic nitrogens is 1. The summed E-state index contributed by atoms with van der Waals surface area (Å²) in [5.74, 6) is -1.05. The van der Waals surface area contributed by atoms with E-state index in [4.69, 9.17) is 11.6 Å². The number of benzene rings is 3. The van der Waals surface area contributed by atoms with Crippen LogP contribution in [0.4, 0.5) is 5.69 Å². The van der Waals surface area contributed by atoms with E-state index in [1.54, 1.807) is 48.5 Å². The van der Waals surface area contributed by atoms with E-state index in [1.165, 1.54) is 11.3 Å². The second-order valence-electron chi connectivity index (χ2n) is 6.27. The first-order valence-electron chi connectivity index (χ1n) is 8.65. The van der Waals surface area contributed by atoms with Crippen LogP contribution in [0.3, 0.4) is 0 Å². The van der Waals surface area contributed by atoms with Crippen molar-refractivity contribution >= 4 is 34.6 Å². The number of carbonyl (C=O) groups is 1. The molecule has 0 saturated heterocycles. The third-order valence-electron chi connectivity index (χ3n) is 4.48. The van der Waals surface area contributed by atoms with Crippen molar-refractivity contribution in [2.24, 2.45) is 0 Å². The third kappa shape index (κ3) is 3.86. The Balaban J connectivity index is 1.76. The van der Waals surface area contributed by atoms with Gasteiger partial charge in [-0.2, -0.15) is 0 Å². The van der Waals surface area contributed by atoms with Crippen LogP contribution in [0.5, 0.6) is 0 Å².